The van der Waals surface area contributed by atoms with Gasteiger partial charge < -0.3 is 19.1 Å². The van der Waals surface area contributed by atoms with Crippen LogP contribution in [-0.2, 0) is 11.3 Å². The molecule has 202 valence electrons. The number of carbonyl (C=O) groups excluding carboxylic acids is 1. The predicted molar refractivity (Wildman–Crippen MR) is 146 cm³/mol. The molecule has 39 heavy (non-hydrogen) atoms. The maximum absolute atomic E-state index is 13.7. The summed E-state index contributed by atoms with van der Waals surface area (Å²) in [4.78, 5) is 40.5. The number of methoxy groups -OCH3 is 2. The van der Waals surface area contributed by atoms with Crippen LogP contribution in [0.15, 0.2) is 53.6 Å². The fourth-order valence-electron chi connectivity index (χ4n) is 4.67. The highest BCUT2D eigenvalue weighted by Gasteiger charge is 2.26. The molecule has 1 aliphatic heterocycles. The topological polar surface area (TPSA) is 109 Å². The van der Waals surface area contributed by atoms with Crippen LogP contribution in [0.2, 0.25) is 5.02 Å². The average Bonchev–Trinajstić information content (AvgIpc) is 2.96. The monoisotopic (exact) mass is 549 g/mol. The average molecular weight is 550 g/mol. The molecule has 11 heteroatoms. The van der Waals surface area contributed by atoms with Gasteiger partial charge in [-0.05, 0) is 36.8 Å². The summed E-state index contributed by atoms with van der Waals surface area (Å²) in [7, 11) is 2.88. The van der Waals surface area contributed by atoms with Crippen LogP contribution in [0.1, 0.15) is 24.2 Å². The summed E-state index contributed by atoms with van der Waals surface area (Å²) in [6.45, 7) is 3.20. The number of halogens is 1. The van der Waals surface area contributed by atoms with Crippen LogP contribution < -0.4 is 15.0 Å². The van der Waals surface area contributed by atoms with Crippen LogP contribution in [0.25, 0.3) is 22.0 Å². The fourth-order valence-corrected chi connectivity index (χ4v) is 4.79. The van der Waals surface area contributed by atoms with Gasteiger partial charge in [-0.2, -0.15) is 0 Å². The second-order valence-electron chi connectivity index (χ2n) is 9.28. The Morgan fingerprint density at radius 2 is 1.77 bits per heavy atom. The number of carbonyl (C=O) groups is 1. The van der Waals surface area contributed by atoms with Gasteiger partial charge in [0.1, 0.15) is 17.7 Å². The standard InChI is InChI=1S/C28H28ClN5O5/c1-17-32-24-12-22(19-14-30-27(37-2)31-15-19)25(39-21-8-10-33(11-9-21)28(36)38-3)13-23(24)26(35)34(17)16-18-4-6-20(29)7-5-18/h4-7,12-15,21H,8-11,16H2,1-3H3. The smallest absolute Gasteiger partial charge is 0.409 e. The molecule has 0 saturated carbocycles. The van der Waals surface area contributed by atoms with E-state index < -0.39 is 0 Å². The van der Waals surface area contributed by atoms with Gasteiger partial charge in [-0.15, -0.1) is 0 Å². The Balaban J connectivity index is 1.54. The van der Waals surface area contributed by atoms with Crippen molar-refractivity contribution in [2.24, 2.45) is 0 Å². The Hall–Kier alpha value is -4.18. The number of hydrogen-bond donors (Lipinski definition) is 0. The van der Waals surface area contributed by atoms with Crippen molar-refractivity contribution < 1.29 is 19.0 Å². The molecule has 2 aromatic carbocycles. The Morgan fingerprint density at radius 1 is 1.08 bits per heavy atom. The van der Waals surface area contributed by atoms with E-state index in [-0.39, 0.29) is 23.8 Å². The lowest BCUT2D eigenvalue weighted by molar-refractivity contribution is 0.0793. The van der Waals surface area contributed by atoms with Gasteiger partial charge in [0.2, 0.25) is 0 Å². The van der Waals surface area contributed by atoms with Gasteiger partial charge in [-0.3, -0.25) is 9.36 Å². The summed E-state index contributed by atoms with van der Waals surface area (Å²) in [5, 5.41) is 1.07. The van der Waals surface area contributed by atoms with Crippen LogP contribution in [0, 0.1) is 6.92 Å². The molecule has 1 aliphatic rings. The predicted octanol–water partition coefficient (Wildman–Crippen LogP) is 4.48. The third-order valence-corrected chi connectivity index (χ3v) is 7.04. The number of amides is 1. The Kier molecular flexibility index (Phi) is 7.65. The molecule has 4 aromatic rings. The molecule has 0 radical (unpaired) electrons. The van der Waals surface area contributed by atoms with Crippen molar-refractivity contribution in [1.29, 1.82) is 0 Å². The summed E-state index contributed by atoms with van der Waals surface area (Å²) in [6, 6.07) is 11.2. The van der Waals surface area contributed by atoms with E-state index in [1.165, 1.54) is 14.2 Å². The van der Waals surface area contributed by atoms with Crippen LogP contribution in [0.5, 0.6) is 11.8 Å². The summed E-state index contributed by atoms with van der Waals surface area (Å²) in [5.41, 5.74) is 2.72. The van der Waals surface area contributed by atoms with Gasteiger partial charge >= 0.3 is 12.1 Å². The lowest BCUT2D eigenvalue weighted by Gasteiger charge is -2.31. The molecule has 5 rings (SSSR count). The van der Waals surface area contributed by atoms with Crippen molar-refractivity contribution in [3.8, 4) is 22.9 Å². The molecular formula is C28H28ClN5O5. The largest absolute Gasteiger partial charge is 0.490 e. The number of aryl methyl sites for hydroxylation is 1. The maximum Gasteiger partial charge on any atom is 0.409 e. The number of hydrogen-bond acceptors (Lipinski definition) is 8. The minimum absolute atomic E-state index is 0.157. The Labute approximate surface area is 230 Å². The van der Waals surface area contributed by atoms with Gasteiger partial charge in [0, 0.05) is 54.5 Å². The van der Waals surface area contributed by atoms with Gasteiger partial charge in [0.25, 0.3) is 5.56 Å². The number of fused-ring (bicyclic) bond motifs is 1. The Morgan fingerprint density at radius 3 is 2.41 bits per heavy atom. The number of piperidine rings is 1. The minimum atomic E-state index is -0.349. The van der Waals surface area contributed by atoms with E-state index in [0.29, 0.717) is 71.1 Å². The highest BCUT2D eigenvalue weighted by molar-refractivity contribution is 6.30. The van der Waals surface area contributed by atoms with E-state index in [2.05, 4.69) is 9.97 Å². The number of rotatable bonds is 6. The molecular weight excluding hydrogens is 522 g/mol. The summed E-state index contributed by atoms with van der Waals surface area (Å²) in [5.74, 6) is 1.11. The SMILES string of the molecule is COC(=O)N1CCC(Oc2cc3c(=O)n(Cc4ccc(Cl)cc4)c(C)nc3cc2-c2cnc(OC)nc2)CC1. The molecule has 10 nitrogen and oxygen atoms in total. The molecule has 3 heterocycles. The van der Waals surface area contributed by atoms with Gasteiger partial charge in [-0.25, -0.2) is 19.7 Å². The van der Waals surface area contributed by atoms with Crippen LogP contribution >= 0.6 is 11.6 Å². The van der Waals surface area contributed by atoms with Crippen LogP contribution in [0.4, 0.5) is 4.79 Å². The summed E-state index contributed by atoms with van der Waals surface area (Å²) in [6.07, 6.45) is 4.04. The first-order chi connectivity index (χ1) is 18.9. The number of benzene rings is 2. The highest BCUT2D eigenvalue weighted by atomic mass is 35.5. The first-order valence-corrected chi connectivity index (χ1v) is 12.9. The van der Waals surface area contributed by atoms with Crippen LogP contribution in [0.3, 0.4) is 0 Å². The number of nitrogens with zero attached hydrogens (tertiary/aromatic N) is 5. The van der Waals surface area contributed by atoms with Crippen molar-refractivity contribution in [1.82, 2.24) is 24.4 Å². The molecule has 0 spiro atoms. The zero-order valence-electron chi connectivity index (χ0n) is 21.9. The quantitative estimate of drug-likeness (QED) is 0.346. The third kappa shape index (κ3) is 5.65. The Bertz CT molecular complexity index is 1550. The van der Waals surface area contributed by atoms with Crippen LogP contribution in [-0.4, -0.2) is 63.9 Å². The van der Waals surface area contributed by atoms with E-state index in [9.17, 15) is 9.59 Å². The van der Waals surface area contributed by atoms with E-state index in [1.807, 2.05) is 25.1 Å². The number of ether oxygens (including phenoxy) is 3. The second-order valence-corrected chi connectivity index (χ2v) is 9.71. The summed E-state index contributed by atoms with van der Waals surface area (Å²) >= 11 is 6.03. The molecule has 1 saturated heterocycles. The van der Waals surface area contributed by atoms with Crippen molar-refractivity contribution in [3.05, 3.63) is 75.6 Å². The normalized spacial score (nSPS) is 13.9. The lowest BCUT2D eigenvalue weighted by atomic mass is 10.0. The fraction of sp³-hybridized carbons (Fsp3) is 0.321. The van der Waals surface area contributed by atoms with E-state index >= 15 is 0 Å². The second kappa shape index (κ2) is 11.3. The molecule has 1 fully saturated rings. The lowest BCUT2D eigenvalue weighted by Crippen LogP contribution is -2.41. The molecule has 0 aliphatic carbocycles. The van der Waals surface area contributed by atoms with Crippen molar-refractivity contribution in [2.75, 3.05) is 27.3 Å². The summed E-state index contributed by atoms with van der Waals surface area (Å²) < 4.78 is 18.1. The minimum Gasteiger partial charge on any atom is -0.490 e. The first-order valence-electron chi connectivity index (χ1n) is 12.5. The molecule has 0 N–H and O–H groups in total. The maximum atomic E-state index is 13.7. The molecule has 0 bridgehead atoms. The van der Waals surface area contributed by atoms with Crippen molar-refractivity contribution in [2.45, 2.75) is 32.4 Å². The number of aromatic nitrogens is 4. The van der Waals surface area contributed by atoms with E-state index in [4.69, 9.17) is 30.8 Å². The van der Waals surface area contributed by atoms with Crippen molar-refractivity contribution in [3.63, 3.8) is 0 Å². The zero-order valence-corrected chi connectivity index (χ0v) is 22.6. The van der Waals surface area contributed by atoms with E-state index in [1.54, 1.807) is 40.1 Å². The molecule has 0 atom stereocenters. The zero-order chi connectivity index (χ0) is 27.5. The molecule has 2 aromatic heterocycles. The highest BCUT2D eigenvalue weighted by Crippen LogP contribution is 2.34. The molecule has 0 unspecified atom stereocenters. The van der Waals surface area contributed by atoms with Crippen molar-refractivity contribution >= 4 is 28.6 Å². The van der Waals surface area contributed by atoms with E-state index in [0.717, 1.165) is 5.56 Å². The molecule has 1 amide bonds. The number of likely N-dealkylation sites (tertiary alicyclic amines) is 1. The van der Waals surface area contributed by atoms with Gasteiger partial charge in [-0.1, -0.05) is 23.7 Å². The van der Waals surface area contributed by atoms with Gasteiger partial charge in [0.05, 0.1) is 31.7 Å². The third-order valence-electron chi connectivity index (χ3n) is 6.79. The van der Waals surface area contributed by atoms with Gasteiger partial charge in [0.15, 0.2) is 0 Å². The first kappa shape index (κ1) is 26.4.